The van der Waals surface area contributed by atoms with Crippen molar-refractivity contribution in [1.82, 2.24) is 0 Å². The van der Waals surface area contributed by atoms with Gasteiger partial charge >= 0.3 is 5.97 Å². The van der Waals surface area contributed by atoms with E-state index in [0.29, 0.717) is 17.5 Å². The lowest BCUT2D eigenvalue weighted by molar-refractivity contribution is 0.0692. The van der Waals surface area contributed by atoms with Gasteiger partial charge in [-0.25, -0.2) is 4.79 Å². The molecule has 25 heavy (non-hydrogen) atoms. The van der Waals surface area contributed by atoms with Crippen molar-refractivity contribution in [3.8, 4) is 11.5 Å². The maximum Gasteiger partial charge on any atom is 0.339 e. The summed E-state index contributed by atoms with van der Waals surface area (Å²) >= 11 is 1.50. The van der Waals surface area contributed by atoms with Crippen LogP contribution in [-0.4, -0.2) is 23.3 Å². The standard InChI is InChI=1S/C20H24O4S/c1-6-14-16(25-13-9-7-12(24-5)8-10-13)11-15(20(2,3)4)18(21)17(14)19(22)23/h7-11,21H,6H2,1-5H3,(H,22,23). The summed E-state index contributed by atoms with van der Waals surface area (Å²) in [5.41, 5.74) is 0.929. The third-order valence-corrected chi connectivity index (χ3v) is 5.12. The van der Waals surface area contributed by atoms with Crippen molar-refractivity contribution >= 4 is 17.7 Å². The number of aromatic hydroxyl groups is 1. The molecule has 2 aromatic rings. The van der Waals surface area contributed by atoms with E-state index < -0.39 is 5.97 Å². The van der Waals surface area contributed by atoms with Crippen LogP contribution in [-0.2, 0) is 11.8 Å². The summed E-state index contributed by atoms with van der Waals surface area (Å²) in [6.07, 6.45) is 0.526. The fraction of sp³-hybridized carbons (Fsp3) is 0.350. The van der Waals surface area contributed by atoms with Crippen LogP contribution in [0.25, 0.3) is 0 Å². The molecule has 4 nitrogen and oxygen atoms in total. The number of phenols is 1. The van der Waals surface area contributed by atoms with Gasteiger partial charge < -0.3 is 14.9 Å². The van der Waals surface area contributed by atoms with Crippen LogP contribution in [0.15, 0.2) is 40.1 Å². The number of benzene rings is 2. The molecule has 0 aliphatic rings. The highest BCUT2D eigenvalue weighted by atomic mass is 32.2. The summed E-state index contributed by atoms with van der Waals surface area (Å²) in [4.78, 5) is 13.6. The van der Waals surface area contributed by atoms with E-state index in [0.717, 1.165) is 15.5 Å². The van der Waals surface area contributed by atoms with E-state index in [-0.39, 0.29) is 16.7 Å². The number of carboxylic acids is 1. The van der Waals surface area contributed by atoms with Crippen molar-refractivity contribution < 1.29 is 19.7 Å². The Morgan fingerprint density at radius 1 is 1.20 bits per heavy atom. The van der Waals surface area contributed by atoms with Crippen LogP contribution in [0.3, 0.4) is 0 Å². The molecule has 0 aromatic heterocycles. The van der Waals surface area contributed by atoms with Gasteiger partial charge in [-0.15, -0.1) is 0 Å². The number of methoxy groups -OCH3 is 1. The zero-order valence-corrected chi connectivity index (χ0v) is 16.0. The average Bonchev–Trinajstić information content (AvgIpc) is 2.55. The maximum atomic E-state index is 11.8. The average molecular weight is 360 g/mol. The topological polar surface area (TPSA) is 66.8 Å². The van der Waals surface area contributed by atoms with Crippen LogP contribution < -0.4 is 4.74 Å². The SMILES string of the molecule is CCc1c(Sc2ccc(OC)cc2)cc(C(C)(C)C)c(O)c1C(=O)O. The number of carboxylic acid groups (broad SMARTS) is 1. The van der Waals surface area contributed by atoms with Gasteiger partial charge in [-0.1, -0.05) is 39.5 Å². The number of rotatable bonds is 5. The van der Waals surface area contributed by atoms with Crippen LogP contribution in [0.4, 0.5) is 0 Å². The number of ether oxygens (including phenoxy) is 1. The minimum absolute atomic E-state index is 0.00550. The Kier molecular flexibility index (Phi) is 5.68. The van der Waals surface area contributed by atoms with Gasteiger partial charge in [0.05, 0.1) is 7.11 Å². The summed E-state index contributed by atoms with van der Waals surface area (Å²) in [5, 5.41) is 20.2. The Morgan fingerprint density at radius 3 is 2.24 bits per heavy atom. The largest absolute Gasteiger partial charge is 0.507 e. The van der Waals surface area contributed by atoms with Crippen LogP contribution in [0, 0.1) is 0 Å². The van der Waals surface area contributed by atoms with E-state index in [1.54, 1.807) is 7.11 Å². The lowest BCUT2D eigenvalue weighted by atomic mass is 9.83. The Hall–Kier alpha value is -2.14. The summed E-state index contributed by atoms with van der Waals surface area (Å²) < 4.78 is 5.17. The van der Waals surface area contributed by atoms with E-state index in [4.69, 9.17) is 4.74 Å². The Labute approximate surface area is 152 Å². The van der Waals surface area contributed by atoms with Crippen molar-refractivity contribution in [2.75, 3.05) is 7.11 Å². The first kappa shape index (κ1) is 19.2. The molecule has 0 aliphatic carbocycles. The molecule has 134 valence electrons. The number of hydrogen-bond acceptors (Lipinski definition) is 4. The van der Waals surface area contributed by atoms with E-state index in [2.05, 4.69) is 0 Å². The minimum Gasteiger partial charge on any atom is -0.507 e. The number of aromatic carboxylic acids is 1. The predicted molar refractivity (Wildman–Crippen MR) is 100 cm³/mol. The summed E-state index contributed by atoms with van der Waals surface area (Å²) in [6, 6.07) is 9.53. The second-order valence-corrected chi connectivity index (χ2v) is 7.93. The molecular formula is C20H24O4S. The lowest BCUT2D eigenvalue weighted by Gasteiger charge is -2.24. The van der Waals surface area contributed by atoms with Gasteiger partial charge in [0, 0.05) is 15.4 Å². The lowest BCUT2D eigenvalue weighted by Crippen LogP contribution is -2.15. The first-order valence-electron chi connectivity index (χ1n) is 8.13. The molecule has 0 spiro atoms. The summed E-state index contributed by atoms with van der Waals surface area (Å²) in [7, 11) is 1.62. The molecule has 0 amide bonds. The van der Waals surface area contributed by atoms with Gasteiger partial charge in [0.15, 0.2) is 0 Å². The normalized spacial score (nSPS) is 11.4. The summed E-state index contributed by atoms with van der Waals surface area (Å²) in [5.74, 6) is -0.458. The van der Waals surface area contributed by atoms with Gasteiger partial charge in [-0.05, 0) is 47.7 Å². The first-order chi connectivity index (χ1) is 11.7. The molecule has 0 radical (unpaired) electrons. The fourth-order valence-corrected chi connectivity index (χ4v) is 3.77. The molecule has 2 N–H and O–H groups in total. The maximum absolute atomic E-state index is 11.8. The van der Waals surface area contributed by atoms with Gasteiger partial charge in [-0.2, -0.15) is 0 Å². The molecule has 0 saturated carbocycles. The number of carbonyl (C=O) groups is 1. The van der Waals surface area contributed by atoms with Crippen molar-refractivity contribution in [3.05, 3.63) is 47.0 Å². The predicted octanol–water partition coefficient (Wildman–Crippen LogP) is 5.11. The molecule has 2 rings (SSSR count). The van der Waals surface area contributed by atoms with E-state index in [9.17, 15) is 15.0 Å². The molecule has 0 unspecified atom stereocenters. The molecule has 0 saturated heterocycles. The number of hydrogen-bond donors (Lipinski definition) is 2. The van der Waals surface area contributed by atoms with E-state index in [1.807, 2.05) is 58.0 Å². The van der Waals surface area contributed by atoms with Crippen molar-refractivity contribution in [2.24, 2.45) is 0 Å². The van der Waals surface area contributed by atoms with Gasteiger partial charge in [0.25, 0.3) is 0 Å². The molecule has 0 bridgehead atoms. The molecule has 5 heteroatoms. The van der Waals surface area contributed by atoms with Crippen molar-refractivity contribution in [2.45, 2.75) is 49.3 Å². The minimum atomic E-state index is -1.10. The van der Waals surface area contributed by atoms with Crippen molar-refractivity contribution in [3.63, 3.8) is 0 Å². The zero-order chi connectivity index (χ0) is 18.8. The second kappa shape index (κ2) is 7.40. The van der Waals surface area contributed by atoms with Crippen LogP contribution in [0.5, 0.6) is 11.5 Å². The molecule has 0 fully saturated rings. The monoisotopic (exact) mass is 360 g/mol. The summed E-state index contributed by atoms with van der Waals surface area (Å²) in [6.45, 7) is 7.78. The molecule has 0 atom stereocenters. The van der Waals surface area contributed by atoms with Gasteiger partial charge in [0.1, 0.15) is 17.1 Å². The third kappa shape index (κ3) is 4.10. The molecule has 0 heterocycles. The van der Waals surface area contributed by atoms with Crippen LogP contribution in [0.2, 0.25) is 0 Å². The van der Waals surface area contributed by atoms with E-state index in [1.165, 1.54) is 11.8 Å². The second-order valence-electron chi connectivity index (χ2n) is 6.81. The first-order valence-corrected chi connectivity index (χ1v) is 8.95. The fourth-order valence-electron chi connectivity index (χ4n) is 2.70. The molecule has 2 aromatic carbocycles. The Bertz CT molecular complexity index is 774. The van der Waals surface area contributed by atoms with Crippen LogP contribution >= 0.6 is 11.8 Å². The van der Waals surface area contributed by atoms with Crippen LogP contribution in [0.1, 0.15) is 49.2 Å². The Balaban J connectivity index is 2.62. The zero-order valence-electron chi connectivity index (χ0n) is 15.2. The highest BCUT2D eigenvalue weighted by molar-refractivity contribution is 7.99. The third-order valence-electron chi connectivity index (χ3n) is 4.03. The highest BCUT2D eigenvalue weighted by Crippen LogP contribution is 2.42. The van der Waals surface area contributed by atoms with E-state index >= 15 is 0 Å². The van der Waals surface area contributed by atoms with Crippen molar-refractivity contribution in [1.29, 1.82) is 0 Å². The molecular weight excluding hydrogens is 336 g/mol. The van der Waals surface area contributed by atoms with Gasteiger partial charge in [0.2, 0.25) is 0 Å². The quantitative estimate of drug-likeness (QED) is 0.775. The van der Waals surface area contributed by atoms with Gasteiger partial charge in [-0.3, -0.25) is 0 Å². The highest BCUT2D eigenvalue weighted by Gasteiger charge is 2.27. The Morgan fingerprint density at radius 2 is 1.80 bits per heavy atom. The smallest absolute Gasteiger partial charge is 0.339 e. The molecule has 0 aliphatic heterocycles.